The third-order valence-electron chi connectivity index (χ3n) is 3.82. The first-order valence-electron chi connectivity index (χ1n) is 6.26. The summed E-state index contributed by atoms with van der Waals surface area (Å²) in [4.78, 5) is 0. The zero-order chi connectivity index (χ0) is 11.3. The van der Waals surface area contributed by atoms with Crippen molar-refractivity contribution in [1.82, 2.24) is 0 Å². The summed E-state index contributed by atoms with van der Waals surface area (Å²) in [6, 6.07) is 0. The molecule has 0 aliphatic heterocycles. The van der Waals surface area contributed by atoms with Crippen LogP contribution in [0.3, 0.4) is 0 Å². The van der Waals surface area contributed by atoms with Crippen LogP contribution >= 0.6 is 0 Å². The molecule has 0 amide bonds. The number of aliphatic hydroxyl groups excluding tert-OH is 1. The van der Waals surface area contributed by atoms with Crippen LogP contribution in [-0.2, 0) is 0 Å². The van der Waals surface area contributed by atoms with Crippen LogP contribution in [0.25, 0.3) is 0 Å². The zero-order valence-corrected chi connectivity index (χ0v) is 10.1. The van der Waals surface area contributed by atoms with Gasteiger partial charge < -0.3 is 5.11 Å². The highest BCUT2D eigenvalue weighted by Gasteiger charge is 2.29. The van der Waals surface area contributed by atoms with Crippen LogP contribution < -0.4 is 0 Å². The van der Waals surface area contributed by atoms with Gasteiger partial charge in [-0.05, 0) is 49.9 Å². The van der Waals surface area contributed by atoms with Gasteiger partial charge in [0.15, 0.2) is 0 Å². The van der Waals surface area contributed by atoms with E-state index in [1.807, 2.05) is 0 Å². The maximum absolute atomic E-state index is 9.92. The van der Waals surface area contributed by atoms with Crippen LogP contribution in [0.15, 0.2) is 0 Å². The molecular formula is C14H24O. The van der Waals surface area contributed by atoms with Crippen LogP contribution in [0.4, 0.5) is 0 Å². The Balaban J connectivity index is 2.36. The zero-order valence-electron chi connectivity index (χ0n) is 10.1. The number of hydrogen-bond acceptors (Lipinski definition) is 1. The first kappa shape index (κ1) is 12.6. The number of rotatable bonds is 4. The molecule has 1 aliphatic carbocycles. The molecule has 0 spiro atoms. The smallest absolute Gasteiger partial charge is 0.0568 e. The van der Waals surface area contributed by atoms with E-state index in [4.69, 9.17) is 6.42 Å². The molecule has 0 heterocycles. The fourth-order valence-electron chi connectivity index (χ4n) is 2.67. The summed E-state index contributed by atoms with van der Waals surface area (Å²) in [7, 11) is 0. The van der Waals surface area contributed by atoms with Gasteiger partial charge in [0.2, 0.25) is 0 Å². The fourth-order valence-corrected chi connectivity index (χ4v) is 2.67. The van der Waals surface area contributed by atoms with Crippen LogP contribution in [0.2, 0.25) is 0 Å². The van der Waals surface area contributed by atoms with Crippen molar-refractivity contribution in [3.05, 3.63) is 0 Å². The molecule has 0 radical (unpaired) electrons. The topological polar surface area (TPSA) is 20.2 Å². The van der Waals surface area contributed by atoms with Crippen molar-refractivity contribution in [2.45, 2.75) is 58.5 Å². The molecule has 3 atom stereocenters. The molecule has 15 heavy (non-hydrogen) atoms. The largest absolute Gasteiger partial charge is 0.393 e. The summed E-state index contributed by atoms with van der Waals surface area (Å²) in [6.45, 7) is 4.59. The molecule has 0 aromatic rings. The molecule has 1 heteroatoms. The molecule has 3 unspecified atom stereocenters. The van der Waals surface area contributed by atoms with Gasteiger partial charge in [-0.2, -0.15) is 0 Å². The number of aliphatic hydroxyl groups is 1. The molecule has 0 bridgehead atoms. The Labute approximate surface area is 94.3 Å². The quantitative estimate of drug-likeness (QED) is 0.555. The second-order valence-electron chi connectivity index (χ2n) is 5.24. The summed E-state index contributed by atoms with van der Waals surface area (Å²) >= 11 is 0. The lowest BCUT2D eigenvalue weighted by Crippen LogP contribution is -2.31. The van der Waals surface area contributed by atoms with Crippen molar-refractivity contribution in [2.24, 2.45) is 17.8 Å². The summed E-state index contributed by atoms with van der Waals surface area (Å²) in [5.74, 6) is 4.74. The third-order valence-corrected chi connectivity index (χ3v) is 3.82. The molecule has 1 rings (SSSR count). The number of hydrogen-bond donors (Lipinski definition) is 1. The average molecular weight is 208 g/mol. The van der Waals surface area contributed by atoms with E-state index in [1.54, 1.807) is 0 Å². The highest BCUT2D eigenvalue weighted by atomic mass is 16.3. The molecule has 1 nitrogen and oxygen atoms in total. The van der Waals surface area contributed by atoms with Gasteiger partial charge in [-0.25, -0.2) is 0 Å². The Bertz CT molecular complexity index is 214. The molecule has 1 saturated carbocycles. The van der Waals surface area contributed by atoms with Gasteiger partial charge in [-0.3, -0.25) is 0 Å². The maximum Gasteiger partial charge on any atom is 0.0568 e. The van der Waals surface area contributed by atoms with E-state index >= 15 is 0 Å². The van der Waals surface area contributed by atoms with Gasteiger partial charge in [0.25, 0.3) is 0 Å². The van der Waals surface area contributed by atoms with Gasteiger partial charge in [0, 0.05) is 6.42 Å². The van der Waals surface area contributed by atoms with Crippen LogP contribution in [0, 0.1) is 30.1 Å². The van der Waals surface area contributed by atoms with Crippen LogP contribution in [0.5, 0.6) is 0 Å². The van der Waals surface area contributed by atoms with E-state index in [9.17, 15) is 5.11 Å². The Morgan fingerprint density at radius 3 is 2.73 bits per heavy atom. The van der Waals surface area contributed by atoms with Crippen LogP contribution in [-0.4, -0.2) is 11.2 Å². The SMILES string of the molecule is C#CCCCC1CC(C(C)C)CCC1O. The predicted molar refractivity (Wildman–Crippen MR) is 64.4 cm³/mol. The highest BCUT2D eigenvalue weighted by molar-refractivity contribution is 4.85. The average Bonchev–Trinajstić information content (AvgIpc) is 2.20. The van der Waals surface area contributed by atoms with Crippen molar-refractivity contribution in [2.75, 3.05) is 0 Å². The monoisotopic (exact) mass is 208 g/mol. The van der Waals surface area contributed by atoms with E-state index in [2.05, 4.69) is 19.8 Å². The molecule has 0 saturated heterocycles. The molecule has 0 aromatic heterocycles. The first-order chi connectivity index (χ1) is 7.15. The molecule has 0 aromatic carbocycles. The fraction of sp³-hybridized carbons (Fsp3) is 0.857. The lowest BCUT2D eigenvalue weighted by Gasteiger charge is -2.35. The van der Waals surface area contributed by atoms with Gasteiger partial charge in [-0.1, -0.05) is 13.8 Å². The minimum atomic E-state index is -0.0715. The Morgan fingerprint density at radius 1 is 1.40 bits per heavy atom. The van der Waals surface area contributed by atoms with E-state index in [1.165, 1.54) is 12.8 Å². The van der Waals surface area contributed by atoms with Gasteiger partial charge in [0.1, 0.15) is 0 Å². The molecule has 1 fully saturated rings. The van der Waals surface area contributed by atoms with Gasteiger partial charge >= 0.3 is 0 Å². The second-order valence-corrected chi connectivity index (χ2v) is 5.24. The lowest BCUT2D eigenvalue weighted by molar-refractivity contribution is 0.0329. The summed E-state index contributed by atoms with van der Waals surface area (Å²) in [6.07, 6.45) is 11.6. The lowest BCUT2D eigenvalue weighted by atomic mass is 9.73. The van der Waals surface area contributed by atoms with E-state index in [-0.39, 0.29) is 6.10 Å². The predicted octanol–water partition coefficient (Wildman–Crippen LogP) is 3.22. The molecule has 86 valence electrons. The number of unbranched alkanes of at least 4 members (excludes halogenated alkanes) is 1. The minimum absolute atomic E-state index is 0.0715. The van der Waals surface area contributed by atoms with E-state index in [0.717, 1.165) is 37.5 Å². The first-order valence-corrected chi connectivity index (χ1v) is 6.26. The Morgan fingerprint density at radius 2 is 2.13 bits per heavy atom. The summed E-state index contributed by atoms with van der Waals surface area (Å²) in [5.41, 5.74) is 0. The van der Waals surface area contributed by atoms with Crippen molar-refractivity contribution in [3.8, 4) is 12.3 Å². The third kappa shape index (κ3) is 3.87. The minimum Gasteiger partial charge on any atom is -0.393 e. The normalized spacial score (nSPS) is 31.5. The molecule has 1 N–H and O–H groups in total. The van der Waals surface area contributed by atoms with Crippen molar-refractivity contribution < 1.29 is 5.11 Å². The second kappa shape index (κ2) is 6.18. The van der Waals surface area contributed by atoms with Crippen molar-refractivity contribution >= 4 is 0 Å². The van der Waals surface area contributed by atoms with Crippen molar-refractivity contribution in [1.29, 1.82) is 0 Å². The van der Waals surface area contributed by atoms with E-state index < -0.39 is 0 Å². The maximum atomic E-state index is 9.92. The summed E-state index contributed by atoms with van der Waals surface area (Å²) in [5, 5.41) is 9.92. The Hall–Kier alpha value is -0.480. The van der Waals surface area contributed by atoms with Crippen molar-refractivity contribution in [3.63, 3.8) is 0 Å². The van der Waals surface area contributed by atoms with Gasteiger partial charge in [-0.15, -0.1) is 12.3 Å². The summed E-state index contributed by atoms with van der Waals surface area (Å²) < 4.78 is 0. The number of terminal acetylenes is 1. The molecular weight excluding hydrogens is 184 g/mol. The van der Waals surface area contributed by atoms with Crippen LogP contribution in [0.1, 0.15) is 52.4 Å². The highest BCUT2D eigenvalue weighted by Crippen LogP contribution is 2.36. The standard InChI is InChI=1S/C14H24O/c1-4-5-6-7-13-10-12(11(2)3)8-9-14(13)15/h1,11-15H,5-10H2,2-3H3. The molecule has 1 aliphatic rings. The van der Waals surface area contributed by atoms with E-state index in [0.29, 0.717) is 5.92 Å². The van der Waals surface area contributed by atoms with Gasteiger partial charge in [0.05, 0.1) is 6.10 Å². The Kier molecular flexibility index (Phi) is 5.19.